The number of rotatable bonds is 4. The van der Waals surface area contributed by atoms with Gasteiger partial charge in [-0.2, -0.15) is 5.10 Å². The fraction of sp³-hybridized carbons (Fsp3) is 0.250. The first-order valence-corrected chi connectivity index (χ1v) is 5.28. The molecule has 90 valence electrons. The van der Waals surface area contributed by atoms with Crippen LogP contribution in [0, 0.1) is 11.6 Å². The second-order valence-corrected chi connectivity index (χ2v) is 3.83. The molecule has 5 heteroatoms. The van der Waals surface area contributed by atoms with Crippen molar-refractivity contribution in [2.45, 2.75) is 13.1 Å². The predicted molar refractivity (Wildman–Crippen MR) is 60.1 cm³/mol. The average Bonchev–Trinajstić information content (AvgIpc) is 2.70. The van der Waals surface area contributed by atoms with E-state index in [4.69, 9.17) is 0 Å². The van der Waals surface area contributed by atoms with Crippen LogP contribution in [-0.4, -0.2) is 9.78 Å². The molecular weight excluding hydrogens is 224 g/mol. The molecule has 2 aromatic rings. The van der Waals surface area contributed by atoms with E-state index < -0.39 is 11.6 Å². The van der Waals surface area contributed by atoms with Crippen molar-refractivity contribution in [3.8, 4) is 0 Å². The van der Waals surface area contributed by atoms with E-state index in [0.717, 1.165) is 11.8 Å². The van der Waals surface area contributed by atoms with Crippen molar-refractivity contribution in [2.24, 2.45) is 7.05 Å². The van der Waals surface area contributed by atoms with E-state index in [1.54, 1.807) is 10.7 Å². The molecule has 0 radical (unpaired) electrons. The van der Waals surface area contributed by atoms with Gasteiger partial charge in [0.2, 0.25) is 0 Å². The van der Waals surface area contributed by atoms with Crippen LogP contribution < -0.4 is 5.32 Å². The first-order chi connectivity index (χ1) is 8.15. The monoisotopic (exact) mass is 237 g/mol. The number of halogens is 2. The van der Waals surface area contributed by atoms with Crippen molar-refractivity contribution >= 4 is 0 Å². The van der Waals surface area contributed by atoms with Gasteiger partial charge in [0.15, 0.2) is 11.6 Å². The van der Waals surface area contributed by atoms with Gasteiger partial charge in [-0.15, -0.1) is 0 Å². The standard InChI is InChI=1S/C12H13F2N3/c1-17-5-4-10(16-17)8-15-7-9-2-3-11(13)12(14)6-9/h2-6,15H,7-8H2,1H3. The molecule has 0 aliphatic rings. The Kier molecular flexibility index (Phi) is 3.49. The number of benzene rings is 1. The highest BCUT2D eigenvalue weighted by Crippen LogP contribution is 2.08. The van der Waals surface area contributed by atoms with E-state index in [2.05, 4.69) is 10.4 Å². The topological polar surface area (TPSA) is 29.9 Å². The minimum Gasteiger partial charge on any atom is -0.307 e. The maximum atomic E-state index is 12.9. The van der Waals surface area contributed by atoms with Crippen molar-refractivity contribution in [1.29, 1.82) is 0 Å². The molecule has 1 aromatic heterocycles. The second kappa shape index (κ2) is 5.05. The molecular formula is C12H13F2N3. The zero-order chi connectivity index (χ0) is 12.3. The predicted octanol–water partition coefficient (Wildman–Crippen LogP) is 1.99. The van der Waals surface area contributed by atoms with Crippen LogP contribution in [-0.2, 0) is 20.1 Å². The third-order valence-corrected chi connectivity index (χ3v) is 2.39. The van der Waals surface area contributed by atoms with Crippen molar-refractivity contribution < 1.29 is 8.78 Å². The van der Waals surface area contributed by atoms with Gasteiger partial charge in [-0.3, -0.25) is 4.68 Å². The van der Waals surface area contributed by atoms with Crippen molar-refractivity contribution in [3.63, 3.8) is 0 Å². The molecule has 1 N–H and O–H groups in total. The van der Waals surface area contributed by atoms with Gasteiger partial charge < -0.3 is 5.32 Å². The summed E-state index contributed by atoms with van der Waals surface area (Å²) in [6, 6.07) is 5.79. The summed E-state index contributed by atoms with van der Waals surface area (Å²) in [6.07, 6.45) is 1.86. The third-order valence-electron chi connectivity index (χ3n) is 2.39. The Morgan fingerprint density at radius 1 is 1.18 bits per heavy atom. The van der Waals surface area contributed by atoms with Gasteiger partial charge >= 0.3 is 0 Å². The molecule has 0 unspecified atom stereocenters. The summed E-state index contributed by atoms with van der Waals surface area (Å²) in [7, 11) is 1.85. The highest BCUT2D eigenvalue weighted by Gasteiger charge is 2.02. The van der Waals surface area contributed by atoms with Crippen LogP contribution in [0.15, 0.2) is 30.5 Å². The van der Waals surface area contributed by atoms with E-state index in [1.165, 1.54) is 6.07 Å². The summed E-state index contributed by atoms with van der Waals surface area (Å²) >= 11 is 0. The van der Waals surface area contributed by atoms with Crippen LogP contribution in [0.5, 0.6) is 0 Å². The first kappa shape index (κ1) is 11.7. The van der Waals surface area contributed by atoms with E-state index in [0.29, 0.717) is 18.7 Å². The van der Waals surface area contributed by atoms with Crippen molar-refractivity contribution in [2.75, 3.05) is 0 Å². The lowest BCUT2D eigenvalue weighted by molar-refractivity contribution is 0.506. The molecule has 17 heavy (non-hydrogen) atoms. The molecule has 0 fully saturated rings. The Bertz CT molecular complexity index is 508. The summed E-state index contributed by atoms with van der Waals surface area (Å²) < 4.78 is 27.3. The molecule has 0 saturated carbocycles. The molecule has 1 aromatic carbocycles. The minimum absolute atomic E-state index is 0.480. The lowest BCUT2D eigenvalue weighted by Gasteiger charge is -2.03. The van der Waals surface area contributed by atoms with E-state index in [1.807, 2.05) is 19.3 Å². The fourth-order valence-corrected chi connectivity index (χ4v) is 1.54. The quantitative estimate of drug-likeness (QED) is 0.881. The summed E-state index contributed by atoms with van der Waals surface area (Å²) in [5, 5.41) is 7.31. The largest absolute Gasteiger partial charge is 0.307 e. The number of hydrogen-bond acceptors (Lipinski definition) is 2. The lowest BCUT2D eigenvalue weighted by Crippen LogP contribution is -2.13. The third kappa shape index (κ3) is 3.10. The number of aryl methyl sites for hydroxylation is 1. The molecule has 0 spiro atoms. The summed E-state index contributed by atoms with van der Waals surface area (Å²) in [6.45, 7) is 1.08. The number of hydrogen-bond donors (Lipinski definition) is 1. The van der Waals surface area contributed by atoms with Crippen LogP contribution in [0.4, 0.5) is 8.78 Å². The Hall–Kier alpha value is -1.75. The summed E-state index contributed by atoms with van der Waals surface area (Å²) in [5.74, 6) is -1.64. The highest BCUT2D eigenvalue weighted by atomic mass is 19.2. The average molecular weight is 237 g/mol. The molecule has 0 aliphatic heterocycles. The number of aromatic nitrogens is 2. The molecule has 0 aliphatic carbocycles. The van der Waals surface area contributed by atoms with Gasteiger partial charge in [0, 0.05) is 26.3 Å². The normalized spacial score (nSPS) is 10.8. The smallest absolute Gasteiger partial charge is 0.159 e. The van der Waals surface area contributed by atoms with Gasteiger partial charge in [0.25, 0.3) is 0 Å². The maximum Gasteiger partial charge on any atom is 0.159 e. The number of nitrogens with one attached hydrogen (secondary N) is 1. The first-order valence-electron chi connectivity index (χ1n) is 5.28. The zero-order valence-corrected chi connectivity index (χ0v) is 9.45. The molecule has 0 bridgehead atoms. The van der Waals surface area contributed by atoms with Crippen molar-refractivity contribution in [1.82, 2.24) is 15.1 Å². The van der Waals surface area contributed by atoms with E-state index in [-0.39, 0.29) is 0 Å². The SMILES string of the molecule is Cn1ccc(CNCc2ccc(F)c(F)c2)n1. The minimum atomic E-state index is -0.821. The van der Waals surface area contributed by atoms with Crippen LogP contribution in [0.25, 0.3) is 0 Å². The molecule has 2 rings (SSSR count). The van der Waals surface area contributed by atoms with Crippen LogP contribution in [0.3, 0.4) is 0 Å². The van der Waals surface area contributed by atoms with Gasteiger partial charge in [0.1, 0.15) is 0 Å². The Morgan fingerprint density at radius 2 is 2.00 bits per heavy atom. The maximum absolute atomic E-state index is 12.9. The molecule has 0 atom stereocenters. The second-order valence-electron chi connectivity index (χ2n) is 3.83. The Morgan fingerprint density at radius 3 is 2.65 bits per heavy atom. The fourth-order valence-electron chi connectivity index (χ4n) is 1.54. The van der Waals surface area contributed by atoms with E-state index >= 15 is 0 Å². The molecule has 3 nitrogen and oxygen atoms in total. The van der Waals surface area contributed by atoms with Gasteiger partial charge in [-0.05, 0) is 23.8 Å². The van der Waals surface area contributed by atoms with E-state index in [9.17, 15) is 8.78 Å². The molecule has 0 amide bonds. The van der Waals surface area contributed by atoms with Crippen LogP contribution in [0.1, 0.15) is 11.3 Å². The summed E-state index contributed by atoms with van der Waals surface area (Å²) in [4.78, 5) is 0. The highest BCUT2D eigenvalue weighted by molar-refractivity contribution is 5.17. The lowest BCUT2D eigenvalue weighted by atomic mass is 10.2. The van der Waals surface area contributed by atoms with Gasteiger partial charge in [-0.25, -0.2) is 8.78 Å². The van der Waals surface area contributed by atoms with Crippen molar-refractivity contribution in [3.05, 3.63) is 53.4 Å². The summed E-state index contributed by atoms with van der Waals surface area (Å²) in [5.41, 5.74) is 1.62. The Balaban J connectivity index is 1.87. The Labute approximate surface area is 98.1 Å². The van der Waals surface area contributed by atoms with Gasteiger partial charge in [0.05, 0.1) is 5.69 Å². The number of nitrogens with zero attached hydrogens (tertiary/aromatic N) is 2. The zero-order valence-electron chi connectivity index (χ0n) is 9.45. The van der Waals surface area contributed by atoms with Gasteiger partial charge in [-0.1, -0.05) is 6.07 Å². The molecule has 0 saturated heterocycles. The van der Waals surface area contributed by atoms with Crippen LogP contribution >= 0.6 is 0 Å². The molecule has 1 heterocycles. The van der Waals surface area contributed by atoms with Crippen LogP contribution in [0.2, 0.25) is 0 Å².